The number of aliphatic hydroxyl groups excluding tert-OH is 1. The molecule has 2 atom stereocenters. The quantitative estimate of drug-likeness (QED) is 0.0660. The predicted molar refractivity (Wildman–Crippen MR) is 217 cm³/mol. The number of hydrogen-bond acceptors (Lipinski definition) is 14. The zero-order chi connectivity index (χ0) is 40.8. The number of aliphatic hydroxyl groups is 1. The summed E-state index contributed by atoms with van der Waals surface area (Å²) in [4.78, 5) is 59.3. The van der Waals surface area contributed by atoms with E-state index in [1.54, 1.807) is 18.3 Å². The molecule has 1 unspecified atom stereocenters. The van der Waals surface area contributed by atoms with Crippen LogP contribution in [0.5, 0.6) is 0 Å². The van der Waals surface area contributed by atoms with Crippen molar-refractivity contribution in [1.82, 2.24) is 35.1 Å². The number of fused-ring (bicyclic) bond motifs is 2. The van der Waals surface area contributed by atoms with Crippen molar-refractivity contribution in [3.8, 4) is 0 Å². The van der Waals surface area contributed by atoms with Crippen LogP contribution in [0.3, 0.4) is 0 Å². The van der Waals surface area contributed by atoms with Crippen LogP contribution in [-0.2, 0) is 16.1 Å². The third-order valence-electron chi connectivity index (χ3n) is 8.80. The molecule has 0 saturated heterocycles. The van der Waals surface area contributed by atoms with E-state index in [2.05, 4.69) is 54.3 Å². The molecule has 0 bridgehead atoms. The molecule has 298 valence electrons. The van der Waals surface area contributed by atoms with Crippen LogP contribution in [0.4, 0.5) is 23.1 Å². The summed E-state index contributed by atoms with van der Waals surface area (Å²) < 4.78 is 0. The highest BCUT2D eigenvalue weighted by atomic mass is 35.5. The van der Waals surface area contributed by atoms with E-state index < -0.39 is 23.9 Å². The van der Waals surface area contributed by atoms with Crippen molar-refractivity contribution in [2.45, 2.75) is 58.2 Å². The molecule has 3 heterocycles. The number of amides is 1. The third-order valence-corrected chi connectivity index (χ3v) is 9.04. The maximum atomic E-state index is 12.4. The van der Waals surface area contributed by atoms with E-state index in [1.807, 2.05) is 42.4 Å². The summed E-state index contributed by atoms with van der Waals surface area (Å²) in [5.41, 5.74) is 15.7. The Hall–Kier alpha value is -5.91. The summed E-state index contributed by atoms with van der Waals surface area (Å²) in [5.74, 6) is -2.91. The summed E-state index contributed by atoms with van der Waals surface area (Å²) in [6, 6.07) is 13.4. The minimum Gasteiger partial charge on any atom is -0.481 e. The van der Waals surface area contributed by atoms with Crippen molar-refractivity contribution in [1.29, 1.82) is 0 Å². The SMILES string of the molecule is CCN(CCO)CCCC(C)Nc1ccnc2cc(Cl)ccc12.CN(Cc1cnc2nc(N)nc(N)c2n1)c1ccc(C(=O)N[C@@H](CCC(=O)O)C(=O)O)cc1. The Morgan fingerprint density at radius 2 is 1.71 bits per heavy atom. The highest BCUT2D eigenvalue weighted by molar-refractivity contribution is 6.31. The van der Waals surface area contributed by atoms with Gasteiger partial charge in [-0.05, 0) is 87.8 Å². The number of rotatable bonds is 18. The van der Waals surface area contributed by atoms with Gasteiger partial charge in [0.05, 0.1) is 30.6 Å². The summed E-state index contributed by atoms with van der Waals surface area (Å²) in [5, 5.41) is 34.7. The molecule has 17 nitrogen and oxygen atoms in total. The number of carboxylic acids is 2. The smallest absolute Gasteiger partial charge is 0.326 e. The number of hydrogen-bond donors (Lipinski definition) is 7. The molecule has 0 saturated carbocycles. The van der Waals surface area contributed by atoms with Gasteiger partial charge in [0.1, 0.15) is 6.04 Å². The summed E-state index contributed by atoms with van der Waals surface area (Å²) in [7, 11) is 1.82. The van der Waals surface area contributed by atoms with Gasteiger partial charge in [-0.1, -0.05) is 18.5 Å². The lowest BCUT2D eigenvalue weighted by molar-refractivity contribution is -0.140. The average Bonchev–Trinajstić information content (AvgIpc) is 3.16. The molecule has 0 aliphatic carbocycles. The summed E-state index contributed by atoms with van der Waals surface area (Å²) in [6.45, 7) is 7.69. The van der Waals surface area contributed by atoms with Crippen molar-refractivity contribution in [3.63, 3.8) is 0 Å². The Kier molecular flexibility index (Phi) is 15.8. The van der Waals surface area contributed by atoms with Gasteiger partial charge in [0.25, 0.3) is 5.91 Å². The number of likely N-dealkylation sites (N-methyl/N-ethyl adjacent to an activating group) is 1. The van der Waals surface area contributed by atoms with Crippen molar-refractivity contribution in [2.24, 2.45) is 0 Å². The number of benzene rings is 2. The molecule has 3 aromatic heterocycles. The lowest BCUT2D eigenvalue weighted by atomic mass is 10.1. The van der Waals surface area contributed by atoms with E-state index in [0.717, 1.165) is 54.8 Å². The molecule has 0 spiro atoms. The number of carboxylic acid groups (broad SMARTS) is 2. The van der Waals surface area contributed by atoms with Crippen LogP contribution in [0.25, 0.3) is 22.1 Å². The van der Waals surface area contributed by atoms with Crippen LogP contribution in [0.2, 0.25) is 5.02 Å². The average molecular weight is 790 g/mol. The first-order chi connectivity index (χ1) is 26.8. The monoisotopic (exact) mass is 789 g/mol. The Labute approximate surface area is 329 Å². The molecular weight excluding hydrogens is 742 g/mol. The third kappa shape index (κ3) is 12.6. The second-order valence-electron chi connectivity index (χ2n) is 13.1. The number of anilines is 4. The fraction of sp³-hybridized carbons (Fsp3) is 0.368. The lowest BCUT2D eigenvalue weighted by Gasteiger charge is -2.21. The van der Waals surface area contributed by atoms with Crippen molar-refractivity contribution >= 4 is 74.7 Å². The van der Waals surface area contributed by atoms with E-state index in [-0.39, 0.29) is 36.8 Å². The molecule has 9 N–H and O–H groups in total. The number of nitrogens with zero attached hydrogens (tertiary/aromatic N) is 7. The maximum Gasteiger partial charge on any atom is 0.326 e. The van der Waals surface area contributed by atoms with Gasteiger partial charge in [-0.2, -0.15) is 9.97 Å². The second kappa shape index (κ2) is 20.7. The number of aliphatic carboxylic acids is 2. The minimum atomic E-state index is -1.30. The van der Waals surface area contributed by atoms with Crippen LogP contribution < -0.4 is 27.0 Å². The van der Waals surface area contributed by atoms with E-state index >= 15 is 0 Å². The van der Waals surface area contributed by atoms with Gasteiger partial charge in [-0.15, -0.1) is 0 Å². The van der Waals surface area contributed by atoms with E-state index in [4.69, 9.17) is 33.3 Å². The fourth-order valence-electron chi connectivity index (χ4n) is 5.80. The zero-order valence-electron chi connectivity index (χ0n) is 31.5. The maximum absolute atomic E-state index is 12.4. The lowest BCUT2D eigenvalue weighted by Crippen LogP contribution is -2.41. The normalized spacial score (nSPS) is 12.1. The largest absolute Gasteiger partial charge is 0.481 e. The van der Waals surface area contributed by atoms with E-state index in [9.17, 15) is 19.5 Å². The van der Waals surface area contributed by atoms with Gasteiger partial charge in [-0.25, -0.2) is 14.8 Å². The number of nitrogen functional groups attached to an aromatic ring is 2. The highest BCUT2D eigenvalue weighted by Gasteiger charge is 2.22. The molecule has 5 rings (SSSR count). The second-order valence-corrected chi connectivity index (χ2v) is 13.5. The van der Waals surface area contributed by atoms with Crippen molar-refractivity contribution < 1.29 is 29.7 Å². The van der Waals surface area contributed by atoms with Crippen LogP contribution in [0, 0.1) is 0 Å². The molecule has 0 fully saturated rings. The Balaban J connectivity index is 0.000000265. The van der Waals surface area contributed by atoms with Gasteiger partial charge < -0.3 is 47.2 Å². The Morgan fingerprint density at radius 3 is 2.39 bits per heavy atom. The predicted octanol–water partition coefficient (Wildman–Crippen LogP) is 4.05. The van der Waals surface area contributed by atoms with Gasteiger partial charge in [-0.3, -0.25) is 14.6 Å². The van der Waals surface area contributed by atoms with Crippen LogP contribution in [-0.4, -0.2) is 108 Å². The number of pyridine rings is 1. The molecule has 2 aromatic carbocycles. The van der Waals surface area contributed by atoms with Crippen LogP contribution in [0.15, 0.2) is 60.9 Å². The molecular formula is C38H48ClN11O6. The Bertz CT molecular complexity index is 2110. The Morgan fingerprint density at radius 1 is 0.964 bits per heavy atom. The van der Waals surface area contributed by atoms with Crippen LogP contribution >= 0.6 is 11.6 Å². The molecule has 18 heteroatoms. The number of nitrogens with two attached hydrogens (primary N) is 2. The molecule has 5 aromatic rings. The van der Waals surface area contributed by atoms with Crippen molar-refractivity contribution in [3.05, 3.63) is 77.2 Å². The molecule has 0 radical (unpaired) electrons. The number of carbonyl (C=O) groups is 3. The summed E-state index contributed by atoms with van der Waals surface area (Å²) in [6.07, 6.45) is 4.97. The van der Waals surface area contributed by atoms with Gasteiger partial charge in [0.15, 0.2) is 17.0 Å². The zero-order valence-corrected chi connectivity index (χ0v) is 32.3. The molecule has 1 amide bonds. The van der Waals surface area contributed by atoms with Gasteiger partial charge in [0.2, 0.25) is 5.95 Å². The summed E-state index contributed by atoms with van der Waals surface area (Å²) >= 11 is 6.03. The first kappa shape index (κ1) is 42.8. The van der Waals surface area contributed by atoms with E-state index in [0.29, 0.717) is 34.5 Å². The topological polar surface area (TPSA) is 259 Å². The van der Waals surface area contributed by atoms with Gasteiger partial charge >= 0.3 is 11.9 Å². The number of carbonyl (C=O) groups excluding carboxylic acids is 1. The standard InChI is InChI=1S/C20H22N8O5.C18H26ClN3O/c1-28(9-11-8-23-17-15(24-11)16(21)26-20(22)27-17)12-4-2-10(3-5-12)18(31)25-13(19(32)33)6-7-14(29)30;1-3-22(11-12-23)10-4-5-14(2)21-17-8-9-20-18-13-15(19)6-7-16(17)18/h2-5,8,13H,6-7,9H2,1H3,(H,25,31)(H,29,30)(H,32,33)(H4,21,22,23,26,27);6-9,13-14,23H,3-5,10-12H2,1-2H3,(H,20,21)/t13-;/m0./s1. The van der Waals surface area contributed by atoms with Gasteiger partial charge in [0, 0.05) is 59.6 Å². The number of aromatic nitrogens is 5. The van der Waals surface area contributed by atoms with Crippen LogP contribution in [0.1, 0.15) is 55.6 Å². The minimum absolute atomic E-state index is 0.0138. The first-order valence-corrected chi connectivity index (χ1v) is 18.4. The molecule has 56 heavy (non-hydrogen) atoms. The first-order valence-electron chi connectivity index (χ1n) is 18.0. The molecule has 0 aliphatic rings. The van der Waals surface area contributed by atoms with Crippen molar-refractivity contribution in [2.75, 3.05) is 55.0 Å². The molecule has 0 aliphatic heterocycles. The highest BCUT2D eigenvalue weighted by Crippen LogP contribution is 2.25. The fourth-order valence-corrected chi connectivity index (χ4v) is 5.97. The number of nitrogens with one attached hydrogen (secondary N) is 2. The number of halogens is 1. The van der Waals surface area contributed by atoms with E-state index in [1.165, 1.54) is 12.1 Å².